The van der Waals surface area contributed by atoms with Crippen molar-refractivity contribution >= 4 is 5.97 Å². The number of rotatable bonds is 5. The summed E-state index contributed by atoms with van der Waals surface area (Å²) in [6.45, 7) is 2.23. The van der Waals surface area contributed by atoms with Crippen LogP contribution in [0.15, 0.2) is 36.4 Å². The Morgan fingerprint density at radius 1 is 1.14 bits per heavy atom. The van der Waals surface area contributed by atoms with E-state index in [2.05, 4.69) is 10.2 Å². The van der Waals surface area contributed by atoms with Gasteiger partial charge < -0.3 is 14.6 Å². The molecule has 2 aromatic carbocycles. The number of nitrogens with zero attached hydrogens (tertiary/aromatic N) is 3. The quantitative estimate of drug-likeness (QED) is 0.479. The molecule has 0 bridgehead atoms. The molecule has 0 saturated heterocycles. The minimum Gasteiger partial charge on any atom is -0.496 e. The van der Waals surface area contributed by atoms with Gasteiger partial charge in [-0.2, -0.15) is 22.0 Å². The van der Waals surface area contributed by atoms with Crippen molar-refractivity contribution in [2.75, 3.05) is 7.11 Å². The van der Waals surface area contributed by atoms with Gasteiger partial charge in [-0.25, -0.2) is 0 Å². The number of alkyl halides is 5. The van der Waals surface area contributed by atoms with Gasteiger partial charge in [0.15, 0.2) is 5.82 Å². The zero-order valence-electron chi connectivity index (χ0n) is 18.7. The highest BCUT2D eigenvalue weighted by Gasteiger charge is 2.42. The number of benzene rings is 2. The smallest absolute Gasteiger partial charge is 0.416 e. The summed E-state index contributed by atoms with van der Waals surface area (Å²) >= 11 is 0. The third-order valence-electron chi connectivity index (χ3n) is 5.74. The molecule has 1 N–H and O–H groups in total. The fourth-order valence-corrected chi connectivity index (χ4v) is 4.14. The molecule has 0 unspecified atom stereocenters. The summed E-state index contributed by atoms with van der Waals surface area (Å²) in [6, 6.07) is 7.43. The van der Waals surface area contributed by atoms with E-state index in [1.807, 2.05) is 0 Å². The summed E-state index contributed by atoms with van der Waals surface area (Å²) in [6.07, 6.45) is -8.07. The highest BCUT2D eigenvalue weighted by atomic mass is 19.4. The molecule has 1 aliphatic rings. The van der Waals surface area contributed by atoms with E-state index in [1.54, 1.807) is 25.1 Å². The van der Waals surface area contributed by atoms with E-state index in [9.17, 15) is 31.9 Å². The zero-order valence-corrected chi connectivity index (χ0v) is 18.7. The normalized spacial score (nSPS) is 17.9. The number of carboxylic acid groups (broad SMARTS) is 1. The molecule has 7 nitrogen and oxygen atoms in total. The van der Waals surface area contributed by atoms with Crippen LogP contribution in [0, 0.1) is 6.92 Å². The Morgan fingerprint density at radius 2 is 1.86 bits per heavy atom. The third-order valence-corrected chi connectivity index (χ3v) is 5.74. The number of hydrogen-bond acceptors (Lipinski definition) is 5. The first-order valence-electron chi connectivity index (χ1n) is 10.4. The lowest BCUT2D eigenvalue weighted by molar-refractivity contribution is -0.141. The van der Waals surface area contributed by atoms with Crippen LogP contribution in [0.5, 0.6) is 5.75 Å². The average molecular weight is 497 g/mol. The van der Waals surface area contributed by atoms with Crippen molar-refractivity contribution < 1.29 is 41.3 Å². The maximum absolute atomic E-state index is 14.5. The van der Waals surface area contributed by atoms with Gasteiger partial charge in [-0.3, -0.25) is 9.36 Å². The first-order valence-corrected chi connectivity index (χ1v) is 10.4. The van der Waals surface area contributed by atoms with Gasteiger partial charge in [0.25, 0.3) is 0 Å². The SMILES string of the molecule is COc1cccc([C@H]2O[C@H](CC(=O)O)c3nnc(C(C)(F)F)n3-c3ccc(C(F)(F)F)cc32)c1C. The summed E-state index contributed by atoms with van der Waals surface area (Å²) in [7, 11) is 1.42. The standard InChI is InChI=1S/C23H20F5N3O4/c1-11-13(5-4-6-16(11)34-3)19-14-9-12(23(26,27)28)7-8-15(14)31-20(17(35-19)10-18(32)33)29-30-21(31)22(2,24)25/h4-9,17,19H,10H2,1-3H3,(H,32,33)/t17-,19-/m1/s1. The molecule has 0 saturated carbocycles. The number of ether oxygens (including phenoxy) is 2. The molecular formula is C23H20F5N3O4. The molecule has 0 fully saturated rings. The number of hydrogen-bond donors (Lipinski definition) is 1. The van der Waals surface area contributed by atoms with Crippen molar-refractivity contribution in [3.63, 3.8) is 0 Å². The van der Waals surface area contributed by atoms with Crippen molar-refractivity contribution in [3.8, 4) is 11.4 Å². The third kappa shape index (κ3) is 4.45. The lowest BCUT2D eigenvalue weighted by Gasteiger charge is -2.25. The largest absolute Gasteiger partial charge is 0.496 e. The second-order valence-electron chi connectivity index (χ2n) is 8.15. The summed E-state index contributed by atoms with van der Waals surface area (Å²) in [5, 5.41) is 16.8. The van der Waals surface area contributed by atoms with Crippen molar-refractivity contribution in [1.82, 2.24) is 14.8 Å². The number of fused-ring (bicyclic) bond motifs is 3. The minimum atomic E-state index is -4.73. The second-order valence-corrected chi connectivity index (χ2v) is 8.15. The molecule has 0 amide bonds. The molecule has 0 aliphatic carbocycles. The summed E-state index contributed by atoms with van der Waals surface area (Å²) in [5.74, 6) is -5.55. The van der Waals surface area contributed by atoms with Gasteiger partial charge in [-0.05, 0) is 42.3 Å². The van der Waals surface area contributed by atoms with Crippen LogP contribution in [0.25, 0.3) is 5.69 Å². The summed E-state index contributed by atoms with van der Waals surface area (Å²) < 4.78 is 82.2. The van der Waals surface area contributed by atoms with E-state index < -0.39 is 48.1 Å². The molecule has 1 aliphatic heterocycles. The predicted molar refractivity (Wildman–Crippen MR) is 112 cm³/mol. The van der Waals surface area contributed by atoms with E-state index in [4.69, 9.17) is 9.47 Å². The van der Waals surface area contributed by atoms with Gasteiger partial charge in [0, 0.05) is 12.5 Å². The topological polar surface area (TPSA) is 86.5 Å². The number of carboxylic acids is 1. The van der Waals surface area contributed by atoms with E-state index in [0.29, 0.717) is 23.8 Å². The van der Waals surface area contributed by atoms with Gasteiger partial charge in [0.05, 0.1) is 24.8 Å². The van der Waals surface area contributed by atoms with Crippen LogP contribution < -0.4 is 4.74 Å². The average Bonchev–Trinajstić information content (AvgIpc) is 3.17. The van der Waals surface area contributed by atoms with E-state index in [0.717, 1.165) is 22.8 Å². The van der Waals surface area contributed by atoms with Gasteiger partial charge >= 0.3 is 18.1 Å². The Morgan fingerprint density at radius 3 is 2.46 bits per heavy atom. The van der Waals surface area contributed by atoms with E-state index >= 15 is 0 Å². The van der Waals surface area contributed by atoms with Gasteiger partial charge in [-0.15, -0.1) is 10.2 Å². The fraction of sp³-hybridized carbons (Fsp3) is 0.348. The molecule has 2 heterocycles. The Labute approximate surface area is 196 Å². The molecule has 2 atom stereocenters. The maximum atomic E-state index is 14.5. The monoisotopic (exact) mass is 497 g/mol. The van der Waals surface area contributed by atoms with Crippen LogP contribution in [0.1, 0.15) is 59.5 Å². The summed E-state index contributed by atoms with van der Waals surface area (Å²) in [4.78, 5) is 11.6. The minimum absolute atomic E-state index is 0.0744. The molecule has 3 aromatic rings. The Hall–Kier alpha value is -3.54. The van der Waals surface area contributed by atoms with Gasteiger partial charge in [0.2, 0.25) is 5.82 Å². The summed E-state index contributed by atoms with van der Waals surface area (Å²) in [5.41, 5.74) is -0.299. The number of halogens is 5. The van der Waals surface area contributed by atoms with Crippen LogP contribution >= 0.6 is 0 Å². The molecule has 0 spiro atoms. The van der Waals surface area contributed by atoms with E-state index in [1.165, 1.54) is 7.11 Å². The fourth-order valence-electron chi connectivity index (χ4n) is 4.14. The molecule has 12 heteroatoms. The zero-order chi connectivity index (χ0) is 25.7. The first-order chi connectivity index (χ1) is 16.3. The number of aliphatic carboxylic acids is 1. The number of methoxy groups -OCH3 is 1. The molecular weight excluding hydrogens is 477 g/mol. The van der Waals surface area contributed by atoms with E-state index in [-0.39, 0.29) is 17.1 Å². The van der Waals surface area contributed by atoms with Crippen molar-refractivity contribution in [2.24, 2.45) is 0 Å². The van der Waals surface area contributed by atoms with Crippen LogP contribution in [0.4, 0.5) is 22.0 Å². The van der Waals surface area contributed by atoms with Crippen LogP contribution in [0.2, 0.25) is 0 Å². The maximum Gasteiger partial charge on any atom is 0.416 e. The van der Waals surface area contributed by atoms with Crippen molar-refractivity contribution in [1.29, 1.82) is 0 Å². The Kier molecular flexibility index (Phi) is 6.04. The second kappa shape index (κ2) is 8.59. The Balaban J connectivity index is 2.07. The molecule has 35 heavy (non-hydrogen) atoms. The highest BCUT2D eigenvalue weighted by molar-refractivity contribution is 5.67. The van der Waals surface area contributed by atoms with Crippen molar-refractivity contribution in [3.05, 3.63) is 70.3 Å². The first kappa shape index (κ1) is 24.6. The number of carbonyl (C=O) groups is 1. The molecule has 4 rings (SSSR count). The highest BCUT2D eigenvalue weighted by Crippen LogP contribution is 2.45. The predicted octanol–water partition coefficient (Wildman–Crippen LogP) is 5.35. The van der Waals surface area contributed by atoms with Crippen LogP contribution in [0.3, 0.4) is 0 Å². The van der Waals surface area contributed by atoms with Crippen LogP contribution in [-0.2, 0) is 21.6 Å². The number of aromatic nitrogens is 3. The van der Waals surface area contributed by atoms with Crippen LogP contribution in [-0.4, -0.2) is 33.0 Å². The lowest BCUT2D eigenvalue weighted by Crippen LogP contribution is -2.18. The molecule has 1 aromatic heterocycles. The lowest BCUT2D eigenvalue weighted by atomic mass is 9.94. The molecule has 0 radical (unpaired) electrons. The van der Waals surface area contributed by atoms with Crippen molar-refractivity contribution in [2.45, 2.75) is 44.6 Å². The molecule has 186 valence electrons. The Bertz CT molecular complexity index is 1280. The van der Waals surface area contributed by atoms with Gasteiger partial charge in [-0.1, -0.05) is 12.1 Å². The van der Waals surface area contributed by atoms with Gasteiger partial charge in [0.1, 0.15) is 18.0 Å².